The van der Waals surface area contributed by atoms with Crippen LogP contribution in [0.4, 0.5) is 5.13 Å². The van der Waals surface area contributed by atoms with Crippen molar-refractivity contribution in [3.63, 3.8) is 0 Å². The monoisotopic (exact) mass is 426 g/mol. The average Bonchev–Trinajstić information content (AvgIpc) is 3.33. The predicted octanol–water partition coefficient (Wildman–Crippen LogP) is 3.95. The van der Waals surface area contributed by atoms with Crippen LogP contribution in [0.1, 0.15) is 31.2 Å². The van der Waals surface area contributed by atoms with Gasteiger partial charge in [-0.15, -0.1) is 0 Å². The van der Waals surface area contributed by atoms with E-state index in [9.17, 15) is 4.79 Å². The molecule has 2 heterocycles. The van der Waals surface area contributed by atoms with Crippen molar-refractivity contribution in [1.82, 2.24) is 4.98 Å². The molecular weight excluding hydrogens is 400 g/mol. The molecule has 4 rings (SSSR count). The molecule has 1 N–H and O–H groups in total. The molecule has 2 fully saturated rings. The quantitative estimate of drug-likeness (QED) is 0.512. The zero-order chi connectivity index (χ0) is 20.9. The molecular formula is C22H26N4O3S. The van der Waals surface area contributed by atoms with Crippen LogP contribution < -0.4 is 5.32 Å². The molecule has 0 radical (unpaired) electrons. The highest BCUT2D eigenvalue weighted by molar-refractivity contribution is 7.22. The third-order valence-electron chi connectivity index (χ3n) is 5.12. The summed E-state index contributed by atoms with van der Waals surface area (Å²) in [7, 11) is 1.70. The van der Waals surface area contributed by atoms with Gasteiger partial charge in [0.1, 0.15) is 12.4 Å². The lowest BCUT2D eigenvalue weighted by molar-refractivity contribution is -0.117. The minimum Gasteiger partial charge on any atom is -0.376 e. The predicted molar refractivity (Wildman–Crippen MR) is 122 cm³/mol. The number of anilines is 1. The molecule has 158 valence electrons. The third kappa shape index (κ3) is 5.38. The Hall–Kier alpha value is -2.42. The topological polar surface area (TPSA) is 85.2 Å². The number of aliphatic imine (C=N–C) groups is 2. The number of aromatic nitrogens is 1. The second kappa shape index (κ2) is 9.59. The van der Waals surface area contributed by atoms with Gasteiger partial charge in [0.25, 0.3) is 0 Å². The molecule has 1 aromatic carbocycles. The number of benzene rings is 1. The summed E-state index contributed by atoms with van der Waals surface area (Å²) in [5, 5.41) is 3.55. The molecule has 1 aliphatic heterocycles. The molecule has 0 spiro atoms. The summed E-state index contributed by atoms with van der Waals surface area (Å²) in [5.74, 6) is 0.838. The van der Waals surface area contributed by atoms with Crippen molar-refractivity contribution >= 4 is 50.2 Å². The maximum Gasteiger partial charge on any atom is 0.229 e. The number of nitrogens with zero attached hydrogens (tertiary/aromatic N) is 3. The summed E-state index contributed by atoms with van der Waals surface area (Å²) in [6, 6.07) is 5.91. The largest absolute Gasteiger partial charge is 0.376 e. The first-order valence-electron chi connectivity index (χ1n) is 10.2. The summed E-state index contributed by atoms with van der Waals surface area (Å²) in [6.07, 6.45) is 5.98. The van der Waals surface area contributed by atoms with Gasteiger partial charge in [-0.05, 0) is 49.0 Å². The van der Waals surface area contributed by atoms with Gasteiger partial charge < -0.3 is 14.8 Å². The molecule has 0 unspecified atom stereocenters. The maximum absolute atomic E-state index is 11.9. The van der Waals surface area contributed by atoms with Crippen LogP contribution >= 0.6 is 11.3 Å². The standard InChI is InChI=1S/C22H26N4O3S/c1-14(11-24-20(23-2)13-28-12-17-4-3-9-29-17)16-7-8-18-19(10-16)30-22(25-18)26-21(27)15-5-6-15/h7-8,10-11,15,17H,1,3-6,9,12-13H2,2H3,(H,25,26,27)/t17-/m0/s1. The number of thiazole rings is 1. The molecule has 0 bridgehead atoms. The van der Waals surface area contributed by atoms with Crippen LogP contribution in [-0.2, 0) is 14.3 Å². The molecule has 7 nitrogen and oxygen atoms in total. The number of nitrogens with one attached hydrogen (secondary N) is 1. The van der Waals surface area contributed by atoms with Gasteiger partial charge >= 0.3 is 0 Å². The second-order valence-corrected chi connectivity index (χ2v) is 8.57. The Morgan fingerprint density at radius 3 is 3.03 bits per heavy atom. The summed E-state index contributed by atoms with van der Waals surface area (Å²) >= 11 is 1.47. The van der Waals surface area contributed by atoms with E-state index in [2.05, 4.69) is 26.9 Å². The van der Waals surface area contributed by atoms with Crippen molar-refractivity contribution < 1.29 is 14.3 Å². The van der Waals surface area contributed by atoms with Gasteiger partial charge in [-0.3, -0.25) is 9.79 Å². The SMILES string of the molecule is C=C(C=NC(COC[C@@H]1CCCO1)=NC)c1ccc2nc(NC(=O)C3CC3)sc2c1. The van der Waals surface area contributed by atoms with Gasteiger partial charge in [-0.2, -0.15) is 0 Å². The van der Waals surface area contributed by atoms with Crippen LogP contribution in [0.5, 0.6) is 0 Å². The lowest BCUT2D eigenvalue weighted by atomic mass is 10.1. The van der Waals surface area contributed by atoms with Crippen molar-refractivity contribution in [1.29, 1.82) is 0 Å². The summed E-state index contributed by atoms with van der Waals surface area (Å²) in [5.41, 5.74) is 2.58. The minimum absolute atomic E-state index is 0.0684. The Labute approximate surface area is 179 Å². The molecule has 8 heteroatoms. The Bertz CT molecular complexity index is 987. The number of hydrogen-bond donors (Lipinski definition) is 1. The number of allylic oxidation sites excluding steroid dienone is 1. The van der Waals surface area contributed by atoms with E-state index in [1.165, 1.54) is 11.3 Å². The zero-order valence-electron chi connectivity index (χ0n) is 17.1. The molecule has 30 heavy (non-hydrogen) atoms. The first-order valence-corrected chi connectivity index (χ1v) is 11.0. The Kier molecular flexibility index (Phi) is 6.66. The molecule has 2 aromatic rings. The van der Waals surface area contributed by atoms with E-state index in [1.807, 2.05) is 18.2 Å². The number of amides is 1. The number of rotatable bonds is 8. The fourth-order valence-corrected chi connectivity index (χ4v) is 4.08. The van der Waals surface area contributed by atoms with E-state index < -0.39 is 0 Å². The third-order valence-corrected chi connectivity index (χ3v) is 6.06. The van der Waals surface area contributed by atoms with Crippen LogP contribution in [0.3, 0.4) is 0 Å². The van der Waals surface area contributed by atoms with Crippen molar-refractivity contribution in [2.75, 3.05) is 32.2 Å². The maximum atomic E-state index is 11.9. The number of amidine groups is 1. The van der Waals surface area contributed by atoms with Crippen LogP contribution in [0.15, 0.2) is 34.8 Å². The Morgan fingerprint density at radius 2 is 2.30 bits per heavy atom. The van der Waals surface area contributed by atoms with Crippen molar-refractivity contribution in [2.45, 2.75) is 31.8 Å². The molecule has 1 saturated heterocycles. The summed E-state index contributed by atoms with van der Waals surface area (Å²) < 4.78 is 12.2. The van der Waals surface area contributed by atoms with Crippen LogP contribution in [-0.4, -0.2) is 55.9 Å². The van der Waals surface area contributed by atoms with E-state index in [1.54, 1.807) is 13.3 Å². The molecule has 1 aromatic heterocycles. The highest BCUT2D eigenvalue weighted by atomic mass is 32.1. The van der Waals surface area contributed by atoms with Gasteiger partial charge in [0, 0.05) is 25.8 Å². The normalized spacial score (nSPS) is 19.6. The van der Waals surface area contributed by atoms with Crippen LogP contribution in [0.2, 0.25) is 0 Å². The molecule has 1 saturated carbocycles. The van der Waals surface area contributed by atoms with E-state index in [-0.39, 0.29) is 17.9 Å². The molecule has 1 atom stereocenters. The van der Waals surface area contributed by atoms with Gasteiger partial charge in [0.05, 0.1) is 22.9 Å². The molecule has 1 aliphatic carbocycles. The number of fused-ring (bicyclic) bond motifs is 1. The summed E-state index contributed by atoms with van der Waals surface area (Å²) in [4.78, 5) is 25.0. The van der Waals surface area contributed by atoms with E-state index in [0.717, 1.165) is 53.6 Å². The van der Waals surface area contributed by atoms with E-state index >= 15 is 0 Å². The molecule has 2 aliphatic rings. The smallest absolute Gasteiger partial charge is 0.229 e. The van der Waals surface area contributed by atoms with Crippen LogP contribution in [0.25, 0.3) is 15.8 Å². The van der Waals surface area contributed by atoms with Gasteiger partial charge in [0.2, 0.25) is 5.91 Å². The van der Waals surface area contributed by atoms with Crippen LogP contribution in [0, 0.1) is 5.92 Å². The summed E-state index contributed by atoms with van der Waals surface area (Å²) in [6.45, 7) is 5.85. The van der Waals surface area contributed by atoms with Gasteiger partial charge in [-0.25, -0.2) is 9.98 Å². The van der Waals surface area contributed by atoms with Gasteiger partial charge in [0.15, 0.2) is 5.13 Å². The Morgan fingerprint density at radius 1 is 1.43 bits per heavy atom. The van der Waals surface area contributed by atoms with Crippen molar-refractivity contribution in [2.24, 2.45) is 15.9 Å². The Balaban J connectivity index is 1.34. The number of carbonyl (C=O) groups excluding carboxylic acids is 1. The highest BCUT2D eigenvalue weighted by Crippen LogP contribution is 2.33. The van der Waals surface area contributed by atoms with Crippen molar-refractivity contribution in [3.05, 3.63) is 30.3 Å². The number of hydrogen-bond acceptors (Lipinski definition) is 6. The van der Waals surface area contributed by atoms with E-state index in [0.29, 0.717) is 24.2 Å². The fraction of sp³-hybridized carbons (Fsp3) is 0.455. The zero-order valence-corrected chi connectivity index (χ0v) is 17.9. The first kappa shape index (κ1) is 20.8. The molecule has 1 amide bonds. The highest BCUT2D eigenvalue weighted by Gasteiger charge is 2.30. The lowest BCUT2D eigenvalue weighted by Gasteiger charge is -2.09. The number of carbonyl (C=O) groups is 1. The average molecular weight is 427 g/mol. The number of ether oxygens (including phenoxy) is 2. The second-order valence-electron chi connectivity index (χ2n) is 7.54. The van der Waals surface area contributed by atoms with Gasteiger partial charge in [-0.1, -0.05) is 24.0 Å². The lowest BCUT2D eigenvalue weighted by Crippen LogP contribution is -2.17. The minimum atomic E-state index is 0.0684. The van der Waals surface area contributed by atoms with Crippen molar-refractivity contribution in [3.8, 4) is 0 Å². The van der Waals surface area contributed by atoms with E-state index in [4.69, 9.17) is 9.47 Å². The first-order chi connectivity index (χ1) is 14.6. The fourth-order valence-electron chi connectivity index (χ4n) is 3.17.